The van der Waals surface area contributed by atoms with Crippen LogP contribution in [0.15, 0.2) is 0 Å². The largest absolute Gasteiger partial charge is 0.481 e. The Hall–Kier alpha value is -1.30. The molecule has 1 N–H and O–H groups in total. The van der Waals surface area contributed by atoms with Gasteiger partial charge in [0.25, 0.3) is 0 Å². The van der Waals surface area contributed by atoms with E-state index in [-0.39, 0.29) is 12.5 Å². The molecule has 2 aliphatic rings. The second-order valence-corrected chi connectivity index (χ2v) is 8.09. The number of carboxylic acid groups (broad SMARTS) is 1. The van der Waals surface area contributed by atoms with Crippen LogP contribution >= 0.6 is 0 Å². The normalized spacial score (nSPS) is 27.2. The highest BCUT2D eigenvalue weighted by Crippen LogP contribution is 2.35. The molecule has 0 bridgehead atoms. The first kappa shape index (κ1) is 18.0. The van der Waals surface area contributed by atoms with E-state index in [1.165, 1.54) is 4.90 Å². The zero-order chi connectivity index (χ0) is 17.3. The number of carbonyl (C=O) groups is 2. The second kappa shape index (κ2) is 6.67. The number of carbonyl (C=O) groups excluding carboxylic acids is 1. The molecule has 2 rings (SSSR count). The Morgan fingerprint density at radius 2 is 1.74 bits per heavy atom. The molecule has 1 amide bonds. The Labute approximate surface area is 138 Å². The Bertz CT molecular complexity index is 442. The van der Waals surface area contributed by atoms with Gasteiger partial charge in [0.15, 0.2) is 0 Å². The first-order valence-electron chi connectivity index (χ1n) is 8.46. The summed E-state index contributed by atoms with van der Waals surface area (Å²) in [7, 11) is 0. The molecule has 1 aliphatic carbocycles. The minimum absolute atomic E-state index is 0.0711. The van der Waals surface area contributed by atoms with Crippen LogP contribution in [0.25, 0.3) is 0 Å². The van der Waals surface area contributed by atoms with Gasteiger partial charge in [-0.2, -0.15) is 0 Å². The minimum atomic E-state index is -0.891. The smallest absolute Gasteiger partial charge is 0.410 e. The zero-order valence-electron chi connectivity index (χ0n) is 14.6. The average Bonchev–Trinajstić information content (AvgIpc) is 2.35. The number of amides is 1. The van der Waals surface area contributed by atoms with Crippen LogP contribution in [0.4, 0.5) is 4.79 Å². The van der Waals surface area contributed by atoms with E-state index in [2.05, 4.69) is 6.92 Å². The lowest BCUT2D eigenvalue weighted by Crippen LogP contribution is -2.67. The molecular weight excluding hydrogens is 298 g/mol. The van der Waals surface area contributed by atoms with Gasteiger partial charge in [-0.3, -0.25) is 4.79 Å². The summed E-state index contributed by atoms with van der Waals surface area (Å²) in [6, 6.07) is 0. The van der Waals surface area contributed by atoms with Crippen molar-refractivity contribution in [1.29, 1.82) is 0 Å². The van der Waals surface area contributed by atoms with Gasteiger partial charge in [-0.05, 0) is 52.4 Å². The van der Waals surface area contributed by atoms with Crippen molar-refractivity contribution in [1.82, 2.24) is 4.90 Å². The predicted octanol–water partition coefficient (Wildman–Crippen LogP) is 3.05. The Balaban J connectivity index is 1.92. The van der Waals surface area contributed by atoms with Crippen molar-refractivity contribution < 1.29 is 24.2 Å². The van der Waals surface area contributed by atoms with Crippen LogP contribution in [-0.4, -0.2) is 52.5 Å². The highest BCUT2D eigenvalue weighted by Gasteiger charge is 2.50. The highest BCUT2D eigenvalue weighted by atomic mass is 16.6. The lowest BCUT2D eigenvalue weighted by Gasteiger charge is -2.50. The van der Waals surface area contributed by atoms with E-state index in [0.717, 1.165) is 25.7 Å². The lowest BCUT2D eigenvalue weighted by molar-refractivity contribution is -0.188. The molecule has 2 fully saturated rings. The van der Waals surface area contributed by atoms with Crippen LogP contribution in [0.3, 0.4) is 0 Å². The Kier molecular flexibility index (Phi) is 5.23. The van der Waals surface area contributed by atoms with Gasteiger partial charge in [-0.15, -0.1) is 0 Å². The minimum Gasteiger partial charge on any atom is -0.481 e. The number of hydrogen-bond donors (Lipinski definition) is 1. The maximum atomic E-state index is 12.1. The maximum Gasteiger partial charge on any atom is 0.410 e. The van der Waals surface area contributed by atoms with Crippen molar-refractivity contribution in [2.75, 3.05) is 13.1 Å². The van der Waals surface area contributed by atoms with Gasteiger partial charge in [0.05, 0.1) is 25.6 Å². The first-order chi connectivity index (χ1) is 10.6. The fourth-order valence-electron chi connectivity index (χ4n) is 3.31. The molecule has 0 spiro atoms. The van der Waals surface area contributed by atoms with Gasteiger partial charge in [0.1, 0.15) is 11.2 Å². The van der Waals surface area contributed by atoms with Gasteiger partial charge >= 0.3 is 12.1 Å². The fourth-order valence-corrected chi connectivity index (χ4v) is 3.31. The number of carboxylic acids is 1. The number of nitrogens with zero attached hydrogens (tertiary/aromatic N) is 1. The Morgan fingerprint density at radius 1 is 1.17 bits per heavy atom. The molecule has 0 atom stereocenters. The van der Waals surface area contributed by atoms with E-state index in [1.807, 2.05) is 20.8 Å². The molecular formula is C17H29NO5. The molecule has 23 heavy (non-hydrogen) atoms. The van der Waals surface area contributed by atoms with Crippen LogP contribution < -0.4 is 0 Å². The summed E-state index contributed by atoms with van der Waals surface area (Å²) in [5.41, 5.74) is -1.31. The van der Waals surface area contributed by atoms with E-state index in [4.69, 9.17) is 9.47 Å². The molecule has 0 aromatic rings. The molecule has 0 unspecified atom stereocenters. The molecule has 1 heterocycles. The van der Waals surface area contributed by atoms with E-state index < -0.39 is 23.3 Å². The van der Waals surface area contributed by atoms with E-state index >= 15 is 0 Å². The molecule has 1 saturated carbocycles. The van der Waals surface area contributed by atoms with Crippen LogP contribution in [0.2, 0.25) is 0 Å². The maximum absolute atomic E-state index is 12.1. The topological polar surface area (TPSA) is 76.1 Å². The molecule has 1 aliphatic heterocycles. The summed E-state index contributed by atoms with van der Waals surface area (Å²) in [5.74, 6) is -0.178. The predicted molar refractivity (Wildman–Crippen MR) is 85.3 cm³/mol. The average molecular weight is 327 g/mol. The molecule has 6 heteroatoms. The van der Waals surface area contributed by atoms with Crippen LogP contribution in [-0.2, 0) is 14.3 Å². The third-order valence-electron chi connectivity index (χ3n) is 4.46. The van der Waals surface area contributed by atoms with Crippen LogP contribution in [0.5, 0.6) is 0 Å². The van der Waals surface area contributed by atoms with Gasteiger partial charge in [-0.25, -0.2) is 4.79 Å². The first-order valence-corrected chi connectivity index (χ1v) is 8.46. The van der Waals surface area contributed by atoms with Crippen molar-refractivity contribution in [2.24, 2.45) is 5.92 Å². The Morgan fingerprint density at radius 3 is 2.22 bits per heavy atom. The summed E-state index contributed by atoms with van der Waals surface area (Å²) in [5, 5.41) is 9.18. The SMILES string of the molecule is CC1CCC(OC2(CC(=O)O)CN(C(=O)OC(C)(C)C)C2)CC1. The monoisotopic (exact) mass is 327 g/mol. The number of likely N-dealkylation sites (tertiary alicyclic amines) is 1. The number of aliphatic carboxylic acids is 1. The van der Waals surface area contributed by atoms with Crippen molar-refractivity contribution in [2.45, 2.75) is 77.1 Å². The second-order valence-electron chi connectivity index (χ2n) is 8.09. The molecule has 0 aromatic heterocycles. The molecule has 0 radical (unpaired) electrons. The molecule has 0 aromatic carbocycles. The van der Waals surface area contributed by atoms with Gasteiger partial charge in [-0.1, -0.05) is 6.92 Å². The van der Waals surface area contributed by atoms with E-state index in [1.54, 1.807) is 0 Å². The molecule has 6 nitrogen and oxygen atoms in total. The summed E-state index contributed by atoms with van der Waals surface area (Å²) in [6.07, 6.45) is 3.79. The fraction of sp³-hybridized carbons (Fsp3) is 0.882. The van der Waals surface area contributed by atoms with Crippen molar-refractivity contribution in [3.8, 4) is 0 Å². The van der Waals surface area contributed by atoms with E-state index in [9.17, 15) is 14.7 Å². The van der Waals surface area contributed by atoms with Gasteiger partial charge in [0.2, 0.25) is 0 Å². The van der Waals surface area contributed by atoms with Crippen molar-refractivity contribution in [3.05, 3.63) is 0 Å². The molecule has 132 valence electrons. The molecule has 1 saturated heterocycles. The summed E-state index contributed by atoms with van der Waals surface area (Å²) < 4.78 is 11.5. The van der Waals surface area contributed by atoms with Crippen LogP contribution in [0.1, 0.15) is 59.8 Å². The lowest BCUT2D eigenvalue weighted by atomic mass is 9.86. The van der Waals surface area contributed by atoms with Gasteiger partial charge in [0, 0.05) is 0 Å². The van der Waals surface area contributed by atoms with Crippen molar-refractivity contribution in [3.63, 3.8) is 0 Å². The third-order valence-corrected chi connectivity index (χ3v) is 4.46. The number of ether oxygens (including phenoxy) is 2. The summed E-state index contributed by atoms with van der Waals surface area (Å²) >= 11 is 0. The summed E-state index contributed by atoms with van der Waals surface area (Å²) in [4.78, 5) is 24.8. The standard InChI is InChI=1S/C17H29NO5/c1-12-5-7-13(8-6-12)22-17(9-14(19)20)10-18(11-17)15(21)23-16(2,3)4/h12-13H,5-11H2,1-4H3,(H,19,20). The quantitative estimate of drug-likeness (QED) is 0.859. The van der Waals surface area contributed by atoms with Crippen molar-refractivity contribution >= 4 is 12.1 Å². The van der Waals surface area contributed by atoms with E-state index in [0.29, 0.717) is 19.0 Å². The van der Waals surface area contributed by atoms with Gasteiger partial charge < -0.3 is 19.5 Å². The van der Waals surface area contributed by atoms with Crippen LogP contribution in [0, 0.1) is 5.92 Å². The highest BCUT2D eigenvalue weighted by molar-refractivity contribution is 5.72. The third kappa shape index (κ3) is 5.09. The summed E-state index contributed by atoms with van der Waals surface area (Å²) in [6.45, 7) is 8.26. The number of hydrogen-bond acceptors (Lipinski definition) is 4. The zero-order valence-corrected chi connectivity index (χ0v) is 14.6. The number of rotatable bonds is 4.